The first-order chi connectivity index (χ1) is 9.88. The number of carboxylic acid groups (broad SMARTS) is 1. The number of hydrogen-bond donors (Lipinski definition) is 1. The Kier molecular flexibility index (Phi) is 4.04. The first-order valence-corrected chi connectivity index (χ1v) is 5.91. The molecule has 0 radical (unpaired) electrons. The Morgan fingerprint density at radius 2 is 1.86 bits per heavy atom. The van der Waals surface area contributed by atoms with E-state index in [1.54, 1.807) is 0 Å². The third-order valence-electron chi connectivity index (χ3n) is 2.52. The van der Waals surface area contributed by atoms with Crippen molar-refractivity contribution in [2.24, 2.45) is 0 Å². The number of carboxylic acids is 1. The zero-order valence-electron chi connectivity index (χ0n) is 10.2. The summed E-state index contributed by atoms with van der Waals surface area (Å²) in [5.74, 6) is -2.02. The molecule has 0 saturated carbocycles. The predicted octanol–water partition coefficient (Wildman–Crippen LogP) is 3.88. The maximum atomic E-state index is 13.4. The van der Waals surface area contributed by atoms with Crippen molar-refractivity contribution in [3.63, 3.8) is 0 Å². The molecular weight excluding hydrogens is 305 g/mol. The molecule has 2 aromatic carbocycles. The fourth-order valence-corrected chi connectivity index (χ4v) is 1.82. The van der Waals surface area contributed by atoms with Crippen molar-refractivity contribution in [3.8, 4) is 11.5 Å². The van der Waals surface area contributed by atoms with E-state index in [2.05, 4.69) is 0 Å². The lowest BCUT2D eigenvalue weighted by Crippen LogP contribution is -1.97. The molecule has 0 unspecified atom stereocenters. The molecule has 21 heavy (non-hydrogen) atoms. The van der Waals surface area contributed by atoms with Gasteiger partial charge in [0.25, 0.3) is 0 Å². The highest BCUT2D eigenvalue weighted by atomic mass is 35.5. The second-order valence-electron chi connectivity index (χ2n) is 3.92. The van der Waals surface area contributed by atoms with Crippen molar-refractivity contribution in [2.75, 3.05) is 0 Å². The number of rotatable bonds is 4. The molecule has 0 aliphatic rings. The number of hydrogen-bond acceptors (Lipinski definition) is 4. The number of ether oxygens (including phenoxy) is 1. The Hall–Kier alpha value is -2.67. The monoisotopic (exact) mass is 311 g/mol. The second-order valence-corrected chi connectivity index (χ2v) is 4.33. The summed E-state index contributed by atoms with van der Waals surface area (Å²) in [6, 6.07) is 6.88. The van der Waals surface area contributed by atoms with Crippen LogP contribution in [0.2, 0.25) is 5.02 Å². The van der Waals surface area contributed by atoms with Crippen LogP contribution in [0.25, 0.3) is 0 Å². The number of halogens is 2. The van der Waals surface area contributed by atoms with E-state index < -0.39 is 22.4 Å². The van der Waals surface area contributed by atoms with Crippen LogP contribution in [-0.2, 0) is 0 Å². The van der Waals surface area contributed by atoms with Crippen molar-refractivity contribution in [1.29, 1.82) is 0 Å². The van der Waals surface area contributed by atoms with Crippen molar-refractivity contribution in [3.05, 3.63) is 62.9 Å². The predicted molar refractivity (Wildman–Crippen MR) is 71.5 cm³/mol. The van der Waals surface area contributed by atoms with Crippen LogP contribution in [0.15, 0.2) is 36.4 Å². The second kappa shape index (κ2) is 5.76. The van der Waals surface area contributed by atoms with Gasteiger partial charge in [-0.3, -0.25) is 10.1 Å². The largest absolute Gasteiger partial charge is 0.478 e. The molecule has 108 valence electrons. The Balaban J connectivity index is 2.26. The van der Waals surface area contributed by atoms with Crippen LogP contribution in [-0.4, -0.2) is 16.0 Å². The number of nitro groups is 1. The number of benzene rings is 2. The normalized spacial score (nSPS) is 10.2. The summed E-state index contributed by atoms with van der Waals surface area (Å²) in [4.78, 5) is 20.4. The molecule has 2 aromatic rings. The van der Waals surface area contributed by atoms with Gasteiger partial charge in [0.05, 0.1) is 15.5 Å². The van der Waals surface area contributed by atoms with Gasteiger partial charge in [-0.1, -0.05) is 11.6 Å². The smallest absolute Gasteiger partial charge is 0.337 e. The summed E-state index contributed by atoms with van der Waals surface area (Å²) < 4.78 is 18.7. The molecule has 0 fully saturated rings. The molecule has 0 saturated heterocycles. The van der Waals surface area contributed by atoms with Crippen LogP contribution < -0.4 is 4.74 Å². The van der Waals surface area contributed by atoms with E-state index in [1.807, 2.05) is 0 Å². The van der Waals surface area contributed by atoms with Gasteiger partial charge in [-0.15, -0.1) is 0 Å². The van der Waals surface area contributed by atoms with Crippen LogP contribution in [0, 0.1) is 15.9 Å². The highest BCUT2D eigenvalue weighted by Crippen LogP contribution is 2.29. The standard InChI is InChI=1S/C13H7ClFNO5/c14-10-5-7(1-3-9(10)13(17)18)21-8-2-4-12(16(19)20)11(15)6-8/h1-6H,(H,17,18). The highest BCUT2D eigenvalue weighted by Gasteiger charge is 2.15. The van der Waals surface area contributed by atoms with E-state index in [0.29, 0.717) is 0 Å². The van der Waals surface area contributed by atoms with Gasteiger partial charge in [-0.25, -0.2) is 4.79 Å². The maximum absolute atomic E-state index is 13.4. The van der Waals surface area contributed by atoms with Crippen LogP contribution in [0.4, 0.5) is 10.1 Å². The minimum Gasteiger partial charge on any atom is -0.478 e. The molecule has 8 heteroatoms. The summed E-state index contributed by atoms with van der Waals surface area (Å²) in [7, 11) is 0. The van der Waals surface area contributed by atoms with Gasteiger partial charge in [0.15, 0.2) is 0 Å². The first-order valence-electron chi connectivity index (χ1n) is 5.53. The van der Waals surface area contributed by atoms with Gasteiger partial charge < -0.3 is 9.84 Å². The van der Waals surface area contributed by atoms with Gasteiger partial charge in [0.1, 0.15) is 11.5 Å². The van der Waals surface area contributed by atoms with Gasteiger partial charge in [0.2, 0.25) is 5.82 Å². The molecular formula is C13H7ClFNO5. The van der Waals surface area contributed by atoms with E-state index in [-0.39, 0.29) is 22.1 Å². The molecule has 0 aromatic heterocycles. The lowest BCUT2D eigenvalue weighted by atomic mass is 10.2. The fraction of sp³-hybridized carbons (Fsp3) is 0. The third kappa shape index (κ3) is 3.26. The maximum Gasteiger partial charge on any atom is 0.337 e. The van der Waals surface area contributed by atoms with Crippen molar-refractivity contribution < 1.29 is 24.0 Å². The highest BCUT2D eigenvalue weighted by molar-refractivity contribution is 6.33. The average Bonchev–Trinajstić information content (AvgIpc) is 2.37. The zero-order chi connectivity index (χ0) is 15.6. The quantitative estimate of drug-likeness (QED) is 0.683. The average molecular weight is 312 g/mol. The summed E-state index contributed by atoms with van der Waals surface area (Å²) >= 11 is 5.76. The molecule has 0 spiro atoms. The Morgan fingerprint density at radius 3 is 2.38 bits per heavy atom. The Morgan fingerprint density at radius 1 is 1.24 bits per heavy atom. The summed E-state index contributed by atoms with van der Waals surface area (Å²) in [5.41, 5.74) is -0.763. The van der Waals surface area contributed by atoms with Gasteiger partial charge >= 0.3 is 11.7 Å². The van der Waals surface area contributed by atoms with Crippen LogP contribution in [0.3, 0.4) is 0 Å². The SMILES string of the molecule is O=C(O)c1ccc(Oc2ccc([N+](=O)[O-])c(F)c2)cc1Cl. The molecule has 0 heterocycles. The minimum atomic E-state index is -1.19. The fourth-order valence-electron chi connectivity index (χ4n) is 1.57. The van der Waals surface area contributed by atoms with E-state index in [9.17, 15) is 19.3 Å². The minimum absolute atomic E-state index is 0.0252. The van der Waals surface area contributed by atoms with Crippen LogP contribution >= 0.6 is 11.6 Å². The number of nitrogens with zero attached hydrogens (tertiary/aromatic N) is 1. The van der Waals surface area contributed by atoms with Gasteiger partial charge in [0, 0.05) is 18.2 Å². The van der Waals surface area contributed by atoms with E-state index in [0.717, 1.165) is 12.1 Å². The Labute approximate surface area is 122 Å². The third-order valence-corrected chi connectivity index (χ3v) is 2.84. The molecule has 0 bridgehead atoms. The van der Waals surface area contributed by atoms with Gasteiger partial charge in [-0.2, -0.15) is 4.39 Å². The van der Waals surface area contributed by atoms with E-state index in [1.165, 1.54) is 24.3 Å². The van der Waals surface area contributed by atoms with Gasteiger partial charge in [-0.05, 0) is 18.2 Å². The lowest BCUT2D eigenvalue weighted by molar-refractivity contribution is -0.387. The molecule has 0 aliphatic heterocycles. The number of carbonyl (C=O) groups is 1. The number of nitro benzene ring substituents is 1. The van der Waals surface area contributed by atoms with E-state index >= 15 is 0 Å². The molecule has 6 nitrogen and oxygen atoms in total. The molecule has 1 N–H and O–H groups in total. The van der Waals surface area contributed by atoms with Crippen molar-refractivity contribution >= 4 is 23.3 Å². The summed E-state index contributed by atoms with van der Waals surface area (Å²) in [6.07, 6.45) is 0. The van der Waals surface area contributed by atoms with E-state index in [4.69, 9.17) is 21.4 Å². The Bertz CT molecular complexity index is 673. The molecule has 0 aliphatic carbocycles. The lowest BCUT2D eigenvalue weighted by Gasteiger charge is -2.07. The first kappa shape index (κ1) is 14.7. The molecule has 2 rings (SSSR count). The summed E-state index contributed by atoms with van der Waals surface area (Å²) in [6.45, 7) is 0. The summed E-state index contributed by atoms with van der Waals surface area (Å²) in [5, 5.41) is 19.3. The number of aromatic carboxylic acids is 1. The topological polar surface area (TPSA) is 89.7 Å². The van der Waals surface area contributed by atoms with Crippen molar-refractivity contribution in [1.82, 2.24) is 0 Å². The molecule has 0 atom stereocenters. The van der Waals surface area contributed by atoms with Crippen LogP contribution in [0.5, 0.6) is 11.5 Å². The van der Waals surface area contributed by atoms with Crippen LogP contribution in [0.1, 0.15) is 10.4 Å². The van der Waals surface area contributed by atoms with Crippen molar-refractivity contribution in [2.45, 2.75) is 0 Å². The molecule has 0 amide bonds. The zero-order valence-corrected chi connectivity index (χ0v) is 11.0.